The van der Waals surface area contributed by atoms with Crippen LogP contribution < -0.4 is 10.6 Å². The Labute approximate surface area is 94.9 Å². The first-order chi connectivity index (χ1) is 7.66. The molecule has 0 saturated carbocycles. The minimum atomic E-state index is -0.392. The van der Waals surface area contributed by atoms with E-state index in [0.29, 0.717) is 6.42 Å². The van der Waals surface area contributed by atoms with Crippen molar-refractivity contribution in [2.45, 2.75) is 24.9 Å². The fraction of sp³-hybridized carbons (Fsp3) is 0.636. The zero-order valence-electron chi connectivity index (χ0n) is 9.40. The lowest BCUT2D eigenvalue weighted by Gasteiger charge is -2.32. The first-order valence-corrected chi connectivity index (χ1v) is 5.61. The third kappa shape index (κ3) is 2.41. The summed E-state index contributed by atoms with van der Waals surface area (Å²) >= 11 is 0. The van der Waals surface area contributed by atoms with Crippen LogP contribution in [0.5, 0.6) is 0 Å². The van der Waals surface area contributed by atoms with E-state index in [1.807, 2.05) is 7.05 Å². The molecule has 2 unspecified atom stereocenters. The van der Waals surface area contributed by atoms with Gasteiger partial charge in [-0.25, -0.2) is 0 Å². The molecular weight excluding hydrogens is 206 g/mol. The predicted molar refractivity (Wildman–Crippen MR) is 59.7 cm³/mol. The van der Waals surface area contributed by atoms with E-state index in [-0.39, 0.29) is 24.4 Å². The van der Waals surface area contributed by atoms with Crippen molar-refractivity contribution in [3.63, 3.8) is 0 Å². The van der Waals surface area contributed by atoms with Gasteiger partial charge in [-0.2, -0.15) is 0 Å². The Balaban J connectivity index is 1.97. The van der Waals surface area contributed by atoms with Gasteiger partial charge in [-0.15, -0.1) is 0 Å². The molecule has 2 aliphatic heterocycles. The number of rotatable bonds is 2. The van der Waals surface area contributed by atoms with Gasteiger partial charge < -0.3 is 10.6 Å². The highest BCUT2D eigenvalue weighted by atomic mass is 16.2. The Bertz CT molecular complexity index is 327. The first kappa shape index (κ1) is 11.1. The number of carbonyl (C=O) groups excluding carboxylic acids is 2. The number of hydrogen-bond acceptors (Lipinski definition) is 3. The summed E-state index contributed by atoms with van der Waals surface area (Å²) in [5.74, 6) is -0.181. The van der Waals surface area contributed by atoms with Gasteiger partial charge in [0.25, 0.3) is 0 Å². The van der Waals surface area contributed by atoms with Crippen molar-refractivity contribution < 1.29 is 9.59 Å². The molecule has 1 saturated heterocycles. The maximum atomic E-state index is 11.6. The summed E-state index contributed by atoms with van der Waals surface area (Å²) in [5.41, 5.74) is 0. The number of likely N-dealkylation sites (N-methyl/N-ethyl adjacent to an activating group) is 1. The van der Waals surface area contributed by atoms with E-state index in [4.69, 9.17) is 0 Å². The van der Waals surface area contributed by atoms with Crippen molar-refractivity contribution in [3.8, 4) is 0 Å². The molecule has 5 nitrogen and oxygen atoms in total. The molecule has 2 amide bonds. The van der Waals surface area contributed by atoms with Crippen LogP contribution in [0.4, 0.5) is 0 Å². The van der Waals surface area contributed by atoms with Crippen LogP contribution in [-0.2, 0) is 9.59 Å². The van der Waals surface area contributed by atoms with Gasteiger partial charge in [0.05, 0.1) is 6.54 Å². The van der Waals surface area contributed by atoms with Gasteiger partial charge in [0, 0.05) is 12.6 Å². The van der Waals surface area contributed by atoms with Crippen molar-refractivity contribution in [3.05, 3.63) is 12.2 Å². The summed E-state index contributed by atoms with van der Waals surface area (Å²) in [6, 6.07) is -0.153. The summed E-state index contributed by atoms with van der Waals surface area (Å²) in [6.07, 6.45) is 5.94. The summed E-state index contributed by atoms with van der Waals surface area (Å²) < 4.78 is 0. The summed E-state index contributed by atoms with van der Waals surface area (Å²) in [6.45, 7) is 1.11. The van der Waals surface area contributed by atoms with E-state index in [1.54, 1.807) is 0 Å². The molecular formula is C11H17N3O2. The van der Waals surface area contributed by atoms with Crippen LogP contribution >= 0.6 is 0 Å². The fourth-order valence-corrected chi connectivity index (χ4v) is 2.11. The molecule has 0 radical (unpaired) electrons. The Hall–Kier alpha value is -1.36. The molecule has 2 rings (SSSR count). The standard InChI is InChI=1S/C11H17N3O2/c1-14-5-3-2-4-8(14)6-9-11(16)12-7-10(15)13-9/h2,4,8-9H,3,5-7H2,1H3,(H,12,16)(H,13,15). The van der Waals surface area contributed by atoms with E-state index in [2.05, 4.69) is 27.7 Å². The molecule has 2 heterocycles. The van der Waals surface area contributed by atoms with Crippen LogP contribution in [0.15, 0.2) is 12.2 Å². The first-order valence-electron chi connectivity index (χ1n) is 5.61. The molecule has 0 aromatic rings. The maximum absolute atomic E-state index is 11.6. The fourth-order valence-electron chi connectivity index (χ4n) is 2.11. The van der Waals surface area contributed by atoms with Crippen molar-refractivity contribution in [2.75, 3.05) is 20.1 Å². The van der Waals surface area contributed by atoms with Gasteiger partial charge in [0.1, 0.15) is 6.04 Å². The van der Waals surface area contributed by atoms with Crippen LogP contribution in [0.1, 0.15) is 12.8 Å². The van der Waals surface area contributed by atoms with Crippen LogP contribution in [0.3, 0.4) is 0 Å². The highest BCUT2D eigenvalue weighted by Gasteiger charge is 2.29. The molecule has 0 aromatic carbocycles. The van der Waals surface area contributed by atoms with Crippen molar-refractivity contribution >= 4 is 11.8 Å². The van der Waals surface area contributed by atoms with Gasteiger partial charge in [-0.1, -0.05) is 12.2 Å². The van der Waals surface area contributed by atoms with Crippen molar-refractivity contribution in [1.82, 2.24) is 15.5 Å². The second-order valence-electron chi connectivity index (χ2n) is 4.34. The highest BCUT2D eigenvalue weighted by molar-refractivity contribution is 5.94. The second kappa shape index (κ2) is 4.65. The number of amides is 2. The van der Waals surface area contributed by atoms with E-state index in [1.165, 1.54) is 0 Å². The van der Waals surface area contributed by atoms with Gasteiger partial charge in [0.2, 0.25) is 11.8 Å². The molecule has 0 aromatic heterocycles. The Morgan fingerprint density at radius 2 is 2.31 bits per heavy atom. The van der Waals surface area contributed by atoms with Gasteiger partial charge >= 0.3 is 0 Å². The Morgan fingerprint density at radius 3 is 3.06 bits per heavy atom. The third-order valence-electron chi connectivity index (χ3n) is 3.12. The minimum Gasteiger partial charge on any atom is -0.345 e. The quantitative estimate of drug-likeness (QED) is 0.606. The van der Waals surface area contributed by atoms with E-state index >= 15 is 0 Å². The number of piperazine rings is 1. The molecule has 16 heavy (non-hydrogen) atoms. The van der Waals surface area contributed by atoms with Gasteiger partial charge in [-0.3, -0.25) is 14.5 Å². The van der Waals surface area contributed by atoms with Gasteiger partial charge in [-0.05, 0) is 19.9 Å². The van der Waals surface area contributed by atoms with Crippen LogP contribution in [0.25, 0.3) is 0 Å². The summed E-state index contributed by atoms with van der Waals surface area (Å²) in [7, 11) is 2.04. The predicted octanol–water partition coefficient (Wildman–Crippen LogP) is -0.749. The lowest BCUT2D eigenvalue weighted by molar-refractivity contribution is -0.134. The molecule has 0 aliphatic carbocycles. The summed E-state index contributed by atoms with van der Waals surface area (Å²) in [5, 5.41) is 5.32. The van der Waals surface area contributed by atoms with Crippen molar-refractivity contribution in [1.29, 1.82) is 0 Å². The van der Waals surface area contributed by atoms with Crippen LogP contribution in [0.2, 0.25) is 0 Å². The molecule has 2 atom stereocenters. The van der Waals surface area contributed by atoms with E-state index in [0.717, 1.165) is 13.0 Å². The van der Waals surface area contributed by atoms with Gasteiger partial charge in [0.15, 0.2) is 0 Å². The minimum absolute atomic E-state index is 0.0769. The zero-order chi connectivity index (χ0) is 11.5. The number of nitrogens with zero attached hydrogens (tertiary/aromatic N) is 1. The van der Waals surface area contributed by atoms with Crippen molar-refractivity contribution in [2.24, 2.45) is 0 Å². The SMILES string of the molecule is CN1CCC=CC1CC1NC(=O)CNC1=O. The lowest BCUT2D eigenvalue weighted by Crippen LogP contribution is -2.57. The molecule has 88 valence electrons. The number of carbonyl (C=O) groups is 2. The second-order valence-corrected chi connectivity index (χ2v) is 4.34. The highest BCUT2D eigenvalue weighted by Crippen LogP contribution is 2.13. The molecule has 2 aliphatic rings. The lowest BCUT2D eigenvalue weighted by atomic mass is 10.0. The topological polar surface area (TPSA) is 61.4 Å². The number of nitrogens with one attached hydrogen (secondary N) is 2. The summed E-state index contributed by atoms with van der Waals surface area (Å²) in [4.78, 5) is 24.9. The Morgan fingerprint density at radius 1 is 1.50 bits per heavy atom. The monoisotopic (exact) mass is 223 g/mol. The molecule has 5 heteroatoms. The normalized spacial score (nSPS) is 31.1. The van der Waals surface area contributed by atoms with Crippen LogP contribution in [-0.4, -0.2) is 48.9 Å². The van der Waals surface area contributed by atoms with E-state index in [9.17, 15) is 9.59 Å². The third-order valence-corrected chi connectivity index (χ3v) is 3.12. The van der Waals surface area contributed by atoms with Crippen LogP contribution in [0, 0.1) is 0 Å². The molecule has 0 bridgehead atoms. The largest absolute Gasteiger partial charge is 0.345 e. The van der Waals surface area contributed by atoms with E-state index < -0.39 is 6.04 Å². The maximum Gasteiger partial charge on any atom is 0.243 e. The molecule has 2 N–H and O–H groups in total. The number of hydrogen-bond donors (Lipinski definition) is 2. The average molecular weight is 223 g/mol. The molecule has 1 fully saturated rings. The Kier molecular flexibility index (Phi) is 3.24. The molecule has 0 spiro atoms. The zero-order valence-corrected chi connectivity index (χ0v) is 9.40. The smallest absolute Gasteiger partial charge is 0.243 e. The average Bonchev–Trinajstić information content (AvgIpc) is 2.27.